The number of aliphatic carboxylic acids is 1. The zero-order valence-corrected chi connectivity index (χ0v) is 8.81. The fourth-order valence-corrected chi connectivity index (χ4v) is 1.29. The van der Waals surface area contributed by atoms with E-state index in [1.165, 1.54) is 0 Å². The summed E-state index contributed by atoms with van der Waals surface area (Å²) in [6.07, 6.45) is 2.61. The molecule has 0 aliphatic carbocycles. The SMILES string of the molecule is C[C@H](NCCCC(=O)O)c1ccccn1. The van der Waals surface area contributed by atoms with Gasteiger partial charge in [-0.25, -0.2) is 0 Å². The average Bonchev–Trinajstić information content (AvgIpc) is 2.25. The van der Waals surface area contributed by atoms with Gasteiger partial charge in [-0.05, 0) is 32.0 Å². The van der Waals surface area contributed by atoms with Gasteiger partial charge in [0, 0.05) is 18.7 Å². The van der Waals surface area contributed by atoms with Crippen molar-refractivity contribution in [3.63, 3.8) is 0 Å². The van der Waals surface area contributed by atoms with Gasteiger partial charge in [0.2, 0.25) is 0 Å². The number of aromatic nitrogens is 1. The first-order valence-corrected chi connectivity index (χ1v) is 5.06. The fraction of sp³-hybridized carbons (Fsp3) is 0.455. The molecule has 0 saturated heterocycles. The van der Waals surface area contributed by atoms with Crippen LogP contribution in [0.1, 0.15) is 31.5 Å². The van der Waals surface area contributed by atoms with Gasteiger partial charge in [-0.3, -0.25) is 9.78 Å². The summed E-state index contributed by atoms with van der Waals surface area (Å²) in [5.74, 6) is -0.748. The number of rotatable bonds is 6. The van der Waals surface area contributed by atoms with Crippen molar-refractivity contribution < 1.29 is 9.90 Å². The van der Waals surface area contributed by atoms with Crippen LogP contribution in [0.5, 0.6) is 0 Å². The molecule has 0 aliphatic heterocycles. The van der Waals surface area contributed by atoms with Gasteiger partial charge in [0.25, 0.3) is 0 Å². The molecule has 0 amide bonds. The molecule has 1 aromatic rings. The van der Waals surface area contributed by atoms with Gasteiger partial charge in [-0.1, -0.05) is 6.07 Å². The Morgan fingerprint density at radius 2 is 2.40 bits per heavy atom. The van der Waals surface area contributed by atoms with Crippen LogP contribution >= 0.6 is 0 Å². The van der Waals surface area contributed by atoms with Crippen molar-refractivity contribution in [2.75, 3.05) is 6.54 Å². The number of pyridine rings is 1. The number of nitrogens with zero attached hydrogens (tertiary/aromatic N) is 1. The summed E-state index contributed by atoms with van der Waals surface area (Å²) in [7, 11) is 0. The van der Waals surface area contributed by atoms with Gasteiger partial charge < -0.3 is 10.4 Å². The van der Waals surface area contributed by atoms with Crippen LogP contribution in [-0.4, -0.2) is 22.6 Å². The van der Waals surface area contributed by atoms with Gasteiger partial charge >= 0.3 is 5.97 Å². The minimum atomic E-state index is -0.748. The number of hydrogen-bond acceptors (Lipinski definition) is 3. The van der Waals surface area contributed by atoms with E-state index in [-0.39, 0.29) is 12.5 Å². The van der Waals surface area contributed by atoms with Crippen molar-refractivity contribution in [2.24, 2.45) is 0 Å². The molecule has 0 unspecified atom stereocenters. The molecule has 0 aromatic carbocycles. The van der Waals surface area contributed by atoms with Crippen LogP contribution in [0.2, 0.25) is 0 Å². The highest BCUT2D eigenvalue weighted by atomic mass is 16.4. The quantitative estimate of drug-likeness (QED) is 0.697. The summed E-state index contributed by atoms with van der Waals surface area (Å²) in [6, 6.07) is 5.94. The third-order valence-corrected chi connectivity index (χ3v) is 2.15. The first kappa shape index (κ1) is 11.7. The molecule has 0 spiro atoms. The molecule has 15 heavy (non-hydrogen) atoms. The van der Waals surface area contributed by atoms with Crippen LogP contribution in [0.15, 0.2) is 24.4 Å². The molecule has 0 bridgehead atoms. The van der Waals surface area contributed by atoms with Crippen molar-refractivity contribution in [3.8, 4) is 0 Å². The van der Waals surface area contributed by atoms with Crippen LogP contribution in [0.4, 0.5) is 0 Å². The maximum absolute atomic E-state index is 10.3. The zero-order valence-electron chi connectivity index (χ0n) is 8.81. The summed E-state index contributed by atoms with van der Waals surface area (Å²) >= 11 is 0. The molecule has 0 radical (unpaired) electrons. The smallest absolute Gasteiger partial charge is 0.303 e. The molecular weight excluding hydrogens is 192 g/mol. The molecule has 0 fully saturated rings. The summed E-state index contributed by atoms with van der Waals surface area (Å²) < 4.78 is 0. The number of nitrogens with one attached hydrogen (secondary N) is 1. The topological polar surface area (TPSA) is 62.2 Å². The normalized spacial score (nSPS) is 12.3. The van der Waals surface area contributed by atoms with E-state index < -0.39 is 5.97 Å². The third-order valence-electron chi connectivity index (χ3n) is 2.15. The van der Waals surface area contributed by atoms with Gasteiger partial charge in [0.05, 0.1) is 5.69 Å². The standard InChI is InChI=1S/C11H16N2O2/c1-9(10-5-2-3-7-13-10)12-8-4-6-11(14)15/h2-3,5,7,9,12H,4,6,8H2,1H3,(H,14,15)/t9-/m0/s1. The largest absolute Gasteiger partial charge is 0.481 e. The lowest BCUT2D eigenvalue weighted by Crippen LogP contribution is -2.21. The highest BCUT2D eigenvalue weighted by molar-refractivity contribution is 5.66. The molecule has 1 rings (SSSR count). The molecule has 2 N–H and O–H groups in total. The van der Waals surface area contributed by atoms with Gasteiger partial charge in [0.1, 0.15) is 0 Å². The Labute approximate surface area is 89.3 Å². The zero-order chi connectivity index (χ0) is 11.1. The van der Waals surface area contributed by atoms with Gasteiger partial charge in [0.15, 0.2) is 0 Å². The number of carboxylic acids is 1. The summed E-state index contributed by atoms with van der Waals surface area (Å²) in [5, 5.41) is 11.7. The van der Waals surface area contributed by atoms with Gasteiger partial charge in [-0.2, -0.15) is 0 Å². The van der Waals surface area contributed by atoms with Crippen LogP contribution in [0.25, 0.3) is 0 Å². The van der Waals surface area contributed by atoms with Crippen molar-refractivity contribution in [1.29, 1.82) is 0 Å². The maximum Gasteiger partial charge on any atom is 0.303 e. The van der Waals surface area contributed by atoms with Crippen molar-refractivity contribution in [2.45, 2.75) is 25.8 Å². The average molecular weight is 208 g/mol. The molecule has 0 saturated carbocycles. The Hall–Kier alpha value is -1.42. The molecule has 1 aromatic heterocycles. The molecule has 82 valence electrons. The van der Waals surface area contributed by atoms with E-state index in [1.54, 1.807) is 6.20 Å². The lowest BCUT2D eigenvalue weighted by atomic mass is 10.2. The summed E-state index contributed by atoms with van der Waals surface area (Å²) in [5.41, 5.74) is 0.979. The Morgan fingerprint density at radius 3 is 3.00 bits per heavy atom. The van der Waals surface area contributed by atoms with Crippen LogP contribution in [-0.2, 0) is 4.79 Å². The molecular formula is C11H16N2O2. The minimum absolute atomic E-state index is 0.167. The van der Waals surface area contributed by atoms with Crippen LogP contribution in [0.3, 0.4) is 0 Å². The van der Waals surface area contributed by atoms with E-state index >= 15 is 0 Å². The number of carboxylic acid groups (broad SMARTS) is 1. The Morgan fingerprint density at radius 1 is 1.60 bits per heavy atom. The second-order valence-electron chi connectivity index (χ2n) is 3.43. The molecule has 0 aliphatic rings. The molecule has 1 atom stereocenters. The van der Waals surface area contributed by atoms with Crippen molar-refractivity contribution in [3.05, 3.63) is 30.1 Å². The van der Waals surface area contributed by atoms with E-state index in [9.17, 15) is 4.79 Å². The summed E-state index contributed by atoms with van der Waals surface area (Å²) in [6.45, 7) is 2.72. The number of hydrogen-bond donors (Lipinski definition) is 2. The first-order valence-electron chi connectivity index (χ1n) is 5.06. The predicted octanol–water partition coefficient (Wildman–Crippen LogP) is 1.60. The Kier molecular flexibility index (Phi) is 4.77. The number of carbonyl (C=O) groups is 1. The third kappa shape index (κ3) is 4.56. The van der Waals surface area contributed by atoms with E-state index in [1.807, 2.05) is 25.1 Å². The monoisotopic (exact) mass is 208 g/mol. The van der Waals surface area contributed by atoms with E-state index in [0.717, 1.165) is 5.69 Å². The first-order chi connectivity index (χ1) is 7.20. The lowest BCUT2D eigenvalue weighted by Gasteiger charge is -2.12. The van der Waals surface area contributed by atoms with Crippen molar-refractivity contribution in [1.82, 2.24) is 10.3 Å². The molecule has 1 heterocycles. The highest BCUT2D eigenvalue weighted by Crippen LogP contribution is 2.07. The maximum atomic E-state index is 10.3. The predicted molar refractivity (Wildman–Crippen MR) is 57.5 cm³/mol. The Bertz CT molecular complexity index is 301. The second-order valence-corrected chi connectivity index (χ2v) is 3.43. The fourth-order valence-electron chi connectivity index (χ4n) is 1.29. The summed E-state index contributed by atoms with van der Waals surface area (Å²) in [4.78, 5) is 14.5. The minimum Gasteiger partial charge on any atom is -0.481 e. The van der Waals surface area contributed by atoms with Gasteiger partial charge in [-0.15, -0.1) is 0 Å². The Balaban J connectivity index is 2.25. The van der Waals surface area contributed by atoms with E-state index in [2.05, 4.69) is 10.3 Å². The van der Waals surface area contributed by atoms with E-state index in [0.29, 0.717) is 13.0 Å². The van der Waals surface area contributed by atoms with Crippen LogP contribution in [0, 0.1) is 0 Å². The van der Waals surface area contributed by atoms with Crippen LogP contribution < -0.4 is 5.32 Å². The highest BCUT2D eigenvalue weighted by Gasteiger charge is 2.04. The lowest BCUT2D eigenvalue weighted by molar-refractivity contribution is -0.137. The van der Waals surface area contributed by atoms with E-state index in [4.69, 9.17) is 5.11 Å². The molecule has 4 nitrogen and oxygen atoms in total. The van der Waals surface area contributed by atoms with Crippen molar-refractivity contribution >= 4 is 5.97 Å². The molecule has 4 heteroatoms. The second kappa shape index (κ2) is 6.14.